The van der Waals surface area contributed by atoms with Crippen LogP contribution in [-0.2, 0) is 4.79 Å². The molecule has 0 saturated carbocycles. The summed E-state index contributed by atoms with van der Waals surface area (Å²) >= 11 is 0. The molecule has 0 bridgehead atoms. The Morgan fingerprint density at radius 3 is 2.56 bits per heavy atom. The Bertz CT molecular complexity index is 1310. The summed E-state index contributed by atoms with van der Waals surface area (Å²) in [6.45, 7) is 0.382. The molecule has 6 heteroatoms. The Morgan fingerprint density at radius 1 is 0.941 bits per heavy atom. The molecule has 0 aliphatic rings. The van der Waals surface area contributed by atoms with E-state index in [2.05, 4.69) is 16.4 Å². The van der Waals surface area contributed by atoms with E-state index in [9.17, 15) is 4.79 Å². The Balaban J connectivity index is 1.63. The summed E-state index contributed by atoms with van der Waals surface area (Å²) in [6.07, 6.45) is 5.29. The lowest BCUT2D eigenvalue weighted by Gasteiger charge is -2.21. The van der Waals surface area contributed by atoms with E-state index in [0.717, 1.165) is 33.3 Å². The molecule has 2 N–H and O–H groups in total. The third-order valence-electron chi connectivity index (χ3n) is 5.81. The highest BCUT2D eigenvalue weighted by molar-refractivity contribution is 5.92. The SMILES string of the molecule is COc1cccc(/C=C/C(=O)NCC(c2cccc(OC)c2OC)c2c[nH]c3ccccc23)c1. The summed E-state index contributed by atoms with van der Waals surface area (Å²) in [5.74, 6) is 1.70. The number of methoxy groups -OCH3 is 3. The van der Waals surface area contributed by atoms with Crippen molar-refractivity contribution in [2.45, 2.75) is 5.92 Å². The molecular weight excluding hydrogens is 428 g/mol. The lowest BCUT2D eigenvalue weighted by molar-refractivity contribution is -0.116. The normalized spacial score (nSPS) is 12.0. The second-order valence-corrected chi connectivity index (χ2v) is 7.78. The summed E-state index contributed by atoms with van der Waals surface area (Å²) in [4.78, 5) is 16.1. The number of nitrogens with one attached hydrogen (secondary N) is 2. The summed E-state index contributed by atoms with van der Waals surface area (Å²) < 4.78 is 16.5. The minimum Gasteiger partial charge on any atom is -0.497 e. The summed E-state index contributed by atoms with van der Waals surface area (Å²) in [5.41, 5.74) is 3.92. The van der Waals surface area contributed by atoms with E-state index in [1.165, 1.54) is 6.08 Å². The first kappa shape index (κ1) is 23.0. The molecule has 0 aliphatic carbocycles. The Kier molecular flexibility index (Phi) is 7.18. The number of aromatic amines is 1. The van der Waals surface area contributed by atoms with E-state index >= 15 is 0 Å². The lowest BCUT2D eigenvalue weighted by Crippen LogP contribution is -2.27. The molecule has 1 unspecified atom stereocenters. The van der Waals surface area contributed by atoms with Crippen LogP contribution in [0.2, 0.25) is 0 Å². The molecule has 1 amide bonds. The van der Waals surface area contributed by atoms with Crippen LogP contribution in [0.4, 0.5) is 0 Å². The number of hydrogen-bond donors (Lipinski definition) is 2. The van der Waals surface area contributed by atoms with Crippen molar-refractivity contribution in [2.24, 2.45) is 0 Å². The predicted molar refractivity (Wildman–Crippen MR) is 135 cm³/mol. The highest BCUT2D eigenvalue weighted by Crippen LogP contribution is 2.40. The van der Waals surface area contributed by atoms with Crippen LogP contribution in [0.3, 0.4) is 0 Å². The topological polar surface area (TPSA) is 72.6 Å². The molecule has 1 heterocycles. The van der Waals surface area contributed by atoms with Crippen molar-refractivity contribution in [3.63, 3.8) is 0 Å². The van der Waals surface area contributed by atoms with E-state index in [4.69, 9.17) is 14.2 Å². The van der Waals surface area contributed by atoms with Gasteiger partial charge >= 0.3 is 0 Å². The molecular formula is C28H28N2O4. The number of aromatic nitrogens is 1. The Hall–Kier alpha value is -4.19. The van der Waals surface area contributed by atoms with Crippen molar-refractivity contribution in [1.29, 1.82) is 0 Å². The number of carbonyl (C=O) groups is 1. The molecule has 0 spiro atoms. The van der Waals surface area contributed by atoms with E-state index in [-0.39, 0.29) is 11.8 Å². The number of rotatable bonds is 9. The maximum Gasteiger partial charge on any atom is 0.244 e. The number of hydrogen-bond acceptors (Lipinski definition) is 4. The molecule has 3 aromatic carbocycles. The highest BCUT2D eigenvalue weighted by atomic mass is 16.5. The van der Waals surface area contributed by atoms with Gasteiger partial charge in [0, 0.05) is 41.2 Å². The third-order valence-corrected chi connectivity index (χ3v) is 5.81. The van der Waals surface area contributed by atoms with Gasteiger partial charge in [-0.3, -0.25) is 4.79 Å². The average molecular weight is 457 g/mol. The first-order chi connectivity index (χ1) is 16.6. The summed E-state index contributed by atoms with van der Waals surface area (Å²) in [6, 6.07) is 21.5. The van der Waals surface area contributed by atoms with E-state index < -0.39 is 0 Å². The molecule has 34 heavy (non-hydrogen) atoms. The molecule has 6 nitrogen and oxygen atoms in total. The zero-order valence-corrected chi connectivity index (χ0v) is 19.5. The number of amides is 1. The first-order valence-electron chi connectivity index (χ1n) is 11.0. The highest BCUT2D eigenvalue weighted by Gasteiger charge is 2.24. The second-order valence-electron chi connectivity index (χ2n) is 7.78. The zero-order chi connectivity index (χ0) is 23.9. The molecule has 0 fully saturated rings. The number of benzene rings is 3. The smallest absolute Gasteiger partial charge is 0.244 e. The van der Waals surface area contributed by atoms with Gasteiger partial charge in [0.25, 0.3) is 0 Å². The third kappa shape index (κ3) is 4.91. The number of H-pyrrole nitrogens is 1. The van der Waals surface area contributed by atoms with Crippen LogP contribution in [0.5, 0.6) is 17.2 Å². The van der Waals surface area contributed by atoms with E-state index in [1.54, 1.807) is 27.4 Å². The fraction of sp³-hybridized carbons (Fsp3) is 0.179. The van der Waals surface area contributed by atoms with Gasteiger partial charge in [0.15, 0.2) is 11.5 Å². The van der Waals surface area contributed by atoms with Crippen LogP contribution in [0, 0.1) is 0 Å². The average Bonchev–Trinajstić information content (AvgIpc) is 3.31. The molecule has 0 aliphatic heterocycles. The Labute approximate surface area is 199 Å². The predicted octanol–water partition coefficient (Wildman–Crippen LogP) is 5.16. The van der Waals surface area contributed by atoms with Gasteiger partial charge in [0.05, 0.1) is 21.3 Å². The molecule has 0 radical (unpaired) electrons. The van der Waals surface area contributed by atoms with Crippen LogP contribution < -0.4 is 19.5 Å². The maximum atomic E-state index is 12.7. The van der Waals surface area contributed by atoms with Crippen molar-refractivity contribution in [3.8, 4) is 17.2 Å². The quantitative estimate of drug-likeness (QED) is 0.342. The van der Waals surface area contributed by atoms with Crippen molar-refractivity contribution in [1.82, 2.24) is 10.3 Å². The number of fused-ring (bicyclic) bond motifs is 1. The largest absolute Gasteiger partial charge is 0.497 e. The van der Waals surface area contributed by atoms with Crippen LogP contribution in [0.1, 0.15) is 22.6 Å². The van der Waals surface area contributed by atoms with Gasteiger partial charge in [-0.15, -0.1) is 0 Å². The fourth-order valence-electron chi connectivity index (χ4n) is 4.13. The minimum atomic E-state index is -0.186. The Morgan fingerprint density at radius 2 is 1.76 bits per heavy atom. The van der Waals surface area contributed by atoms with Crippen LogP contribution in [0.25, 0.3) is 17.0 Å². The number of para-hydroxylation sites is 2. The van der Waals surface area contributed by atoms with Gasteiger partial charge in [-0.05, 0) is 41.5 Å². The minimum absolute atomic E-state index is 0.157. The number of ether oxygens (including phenoxy) is 3. The second kappa shape index (κ2) is 10.6. The molecule has 1 aromatic heterocycles. The first-order valence-corrected chi connectivity index (χ1v) is 11.0. The van der Waals surface area contributed by atoms with Gasteiger partial charge in [-0.25, -0.2) is 0 Å². The fourth-order valence-corrected chi connectivity index (χ4v) is 4.13. The van der Waals surface area contributed by atoms with Crippen molar-refractivity contribution in [3.05, 3.63) is 95.7 Å². The van der Waals surface area contributed by atoms with Gasteiger partial charge in [-0.1, -0.05) is 42.5 Å². The van der Waals surface area contributed by atoms with Crippen LogP contribution in [-0.4, -0.2) is 38.8 Å². The molecule has 174 valence electrons. The lowest BCUT2D eigenvalue weighted by atomic mass is 9.89. The van der Waals surface area contributed by atoms with Gasteiger partial charge < -0.3 is 24.5 Å². The molecule has 1 atom stereocenters. The van der Waals surface area contributed by atoms with Crippen LogP contribution >= 0.6 is 0 Å². The van der Waals surface area contributed by atoms with Crippen molar-refractivity contribution >= 4 is 22.9 Å². The van der Waals surface area contributed by atoms with Crippen molar-refractivity contribution in [2.75, 3.05) is 27.9 Å². The standard InChI is InChI=1S/C28H28N2O4/c1-32-20-9-6-8-19(16-20)14-15-27(31)30-18-24(22-11-7-13-26(33-2)28(22)34-3)23-17-29-25-12-5-4-10-21(23)25/h4-17,24,29H,18H2,1-3H3,(H,30,31)/b15-14+. The molecule has 0 saturated heterocycles. The monoisotopic (exact) mass is 456 g/mol. The summed E-state index contributed by atoms with van der Waals surface area (Å²) in [5, 5.41) is 4.15. The van der Waals surface area contributed by atoms with Gasteiger partial charge in [0.1, 0.15) is 5.75 Å². The summed E-state index contributed by atoms with van der Waals surface area (Å²) in [7, 11) is 4.86. The zero-order valence-electron chi connectivity index (χ0n) is 19.5. The van der Waals surface area contributed by atoms with E-state index in [0.29, 0.717) is 18.0 Å². The van der Waals surface area contributed by atoms with Crippen molar-refractivity contribution < 1.29 is 19.0 Å². The van der Waals surface area contributed by atoms with Crippen LogP contribution in [0.15, 0.2) is 79.0 Å². The number of carbonyl (C=O) groups excluding carboxylic acids is 1. The van der Waals surface area contributed by atoms with Gasteiger partial charge in [-0.2, -0.15) is 0 Å². The molecule has 4 rings (SSSR count). The van der Waals surface area contributed by atoms with E-state index in [1.807, 2.05) is 66.9 Å². The van der Waals surface area contributed by atoms with Gasteiger partial charge in [0.2, 0.25) is 5.91 Å². The molecule has 4 aromatic rings. The maximum absolute atomic E-state index is 12.7.